The summed E-state index contributed by atoms with van der Waals surface area (Å²) >= 11 is 0. The van der Waals surface area contributed by atoms with E-state index < -0.39 is 0 Å². The molecule has 0 atom stereocenters. The lowest BCUT2D eigenvalue weighted by Crippen LogP contribution is -2.38. The van der Waals surface area contributed by atoms with Crippen LogP contribution in [0.3, 0.4) is 0 Å². The molecule has 3 heterocycles. The number of rotatable bonds is 9. The number of ether oxygens (including phenoxy) is 2. The van der Waals surface area contributed by atoms with Gasteiger partial charge in [-0.05, 0) is 26.3 Å². The van der Waals surface area contributed by atoms with Crippen molar-refractivity contribution in [1.29, 1.82) is 0 Å². The molecular weight excluding hydrogens is 364 g/mol. The van der Waals surface area contributed by atoms with Crippen molar-refractivity contribution >= 4 is 17.0 Å². The summed E-state index contributed by atoms with van der Waals surface area (Å²) in [7, 11) is 1.62. The molecule has 1 N–H and O–H groups in total. The van der Waals surface area contributed by atoms with Crippen LogP contribution in [0.5, 0.6) is 0 Å². The van der Waals surface area contributed by atoms with E-state index in [0.29, 0.717) is 31.9 Å². The first-order valence-corrected chi connectivity index (χ1v) is 9.67. The predicted molar refractivity (Wildman–Crippen MR) is 104 cm³/mol. The molecule has 0 radical (unpaired) electrons. The molecule has 0 aliphatic carbocycles. The lowest BCUT2D eigenvalue weighted by atomic mass is 10.1. The normalized spacial score (nSPS) is 15.2. The molecule has 0 spiro atoms. The number of nitrogens with zero attached hydrogens (tertiary/aromatic N) is 3. The number of morpholine rings is 1. The first-order valence-electron chi connectivity index (χ1n) is 9.67. The predicted octanol–water partition coefficient (Wildman–Crippen LogP) is 0.787. The Bertz CT molecular complexity index is 854. The third-order valence-corrected chi connectivity index (χ3v) is 4.87. The standard InChI is InChI=1S/C19H28N4O5/c1-14-15(17(24)20-5-3-6-22-8-11-27-12-9-22)16-18(28-14)21-13-23(19(16)25)7-4-10-26-2/h13H,3-12H2,1-2H3,(H,20,24). The van der Waals surface area contributed by atoms with Crippen molar-refractivity contribution in [2.45, 2.75) is 26.3 Å². The molecule has 2 aromatic rings. The van der Waals surface area contributed by atoms with E-state index in [2.05, 4.69) is 15.2 Å². The van der Waals surface area contributed by atoms with Crippen molar-refractivity contribution in [3.63, 3.8) is 0 Å². The second-order valence-corrected chi connectivity index (χ2v) is 6.87. The van der Waals surface area contributed by atoms with Crippen molar-refractivity contribution in [2.24, 2.45) is 0 Å². The SMILES string of the molecule is COCCCn1cnc2oc(C)c(C(=O)NCCCN3CCOCC3)c2c1=O. The van der Waals surface area contributed by atoms with Crippen LogP contribution in [0.15, 0.2) is 15.5 Å². The van der Waals surface area contributed by atoms with Gasteiger partial charge in [0.1, 0.15) is 17.5 Å². The van der Waals surface area contributed by atoms with Gasteiger partial charge in [0.15, 0.2) is 0 Å². The van der Waals surface area contributed by atoms with Crippen LogP contribution in [-0.4, -0.2) is 73.5 Å². The summed E-state index contributed by atoms with van der Waals surface area (Å²) < 4.78 is 17.4. The molecule has 28 heavy (non-hydrogen) atoms. The zero-order valence-electron chi connectivity index (χ0n) is 16.5. The zero-order valence-corrected chi connectivity index (χ0v) is 16.5. The number of furan rings is 1. The van der Waals surface area contributed by atoms with Crippen LogP contribution >= 0.6 is 0 Å². The van der Waals surface area contributed by atoms with E-state index in [0.717, 1.165) is 39.3 Å². The maximum atomic E-state index is 12.8. The maximum absolute atomic E-state index is 12.8. The first-order chi connectivity index (χ1) is 13.6. The average Bonchev–Trinajstić information content (AvgIpc) is 3.04. The molecule has 1 amide bonds. The number of hydrogen-bond acceptors (Lipinski definition) is 7. The number of aromatic nitrogens is 2. The Hall–Kier alpha value is -2.23. The van der Waals surface area contributed by atoms with E-state index in [1.165, 1.54) is 10.9 Å². The first kappa shape index (κ1) is 20.5. The van der Waals surface area contributed by atoms with Crippen LogP contribution in [0.1, 0.15) is 29.0 Å². The van der Waals surface area contributed by atoms with Crippen LogP contribution in [0.25, 0.3) is 11.1 Å². The number of nitrogens with one attached hydrogen (secondary N) is 1. The van der Waals surface area contributed by atoms with Gasteiger partial charge in [0, 0.05) is 39.9 Å². The third kappa shape index (κ3) is 4.78. The highest BCUT2D eigenvalue weighted by atomic mass is 16.5. The Morgan fingerprint density at radius 3 is 2.82 bits per heavy atom. The number of methoxy groups -OCH3 is 1. The minimum atomic E-state index is -0.299. The Morgan fingerprint density at radius 2 is 2.07 bits per heavy atom. The number of aryl methyl sites for hydroxylation is 2. The van der Waals surface area contributed by atoms with Gasteiger partial charge in [0.05, 0.1) is 18.8 Å². The Labute approximate surface area is 163 Å². The van der Waals surface area contributed by atoms with Crippen LogP contribution in [0.4, 0.5) is 0 Å². The largest absolute Gasteiger partial charge is 0.442 e. The number of amides is 1. The summed E-state index contributed by atoms with van der Waals surface area (Å²) in [6.07, 6.45) is 2.97. The highest BCUT2D eigenvalue weighted by Crippen LogP contribution is 2.20. The van der Waals surface area contributed by atoms with Crippen molar-refractivity contribution in [3.8, 4) is 0 Å². The van der Waals surface area contributed by atoms with E-state index in [4.69, 9.17) is 13.9 Å². The molecule has 1 aliphatic heterocycles. The lowest BCUT2D eigenvalue weighted by molar-refractivity contribution is 0.0374. The van der Waals surface area contributed by atoms with Crippen molar-refractivity contribution in [2.75, 3.05) is 53.1 Å². The molecule has 154 valence electrons. The maximum Gasteiger partial charge on any atom is 0.265 e. The van der Waals surface area contributed by atoms with Crippen LogP contribution < -0.4 is 10.9 Å². The van der Waals surface area contributed by atoms with Gasteiger partial charge in [-0.3, -0.25) is 19.1 Å². The summed E-state index contributed by atoms with van der Waals surface area (Å²) in [5, 5.41) is 3.14. The molecule has 1 saturated heterocycles. The molecule has 3 rings (SSSR count). The fourth-order valence-corrected chi connectivity index (χ4v) is 3.37. The molecule has 9 heteroatoms. The molecule has 0 saturated carbocycles. The van der Waals surface area contributed by atoms with Gasteiger partial charge < -0.3 is 19.2 Å². The van der Waals surface area contributed by atoms with Crippen molar-refractivity contribution in [1.82, 2.24) is 19.8 Å². The second-order valence-electron chi connectivity index (χ2n) is 6.87. The highest BCUT2D eigenvalue weighted by molar-refractivity contribution is 6.06. The Balaban J connectivity index is 1.66. The second kappa shape index (κ2) is 9.81. The fourth-order valence-electron chi connectivity index (χ4n) is 3.37. The van der Waals surface area contributed by atoms with Crippen LogP contribution in [-0.2, 0) is 16.0 Å². The zero-order chi connectivity index (χ0) is 19.9. The molecule has 0 aromatic carbocycles. The van der Waals surface area contributed by atoms with Crippen molar-refractivity contribution < 1.29 is 18.7 Å². The number of carbonyl (C=O) groups excluding carboxylic acids is 1. The molecule has 1 aliphatic rings. The van der Waals surface area contributed by atoms with Gasteiger partial charge >= 0.3 is 0 Å². The van der Waals surface area contributed by atoms with Crippen LogP contribution in [0, 0.1) is 6.92 Å². The minimum absolute atomic E-state index is 0.198. The van der Waals surface area contributed by atoms with Gasteiger partial charge in [-0.2, -0.15) is 0 Å². The van der Waals surface area contributed by atoms with Gasteiger partial charge in [-0.1, -0.05) is 0 Å². The minimum Gasteiger partial charge on any atom is -0.442 e. The van der Waals surface area contributed by atoms with Crippen LogP contribution in [0.2, 0.25) is 0 Å². The van der Waals surface area contributed by atoms with E-state index in [-0.39, 0.29) is 28.1 Å². The fraction of sp³-hybridized carbons (Fsp3) is 0.632. The Kier molecular flexibility index (Phi) is 7.18. The molecule has 2 aromatic heterocycles. The molecular formula is C19H28N4O5. The Morgan fingerprint density at radius 1 is 1.29 bits per heavy atom. The summed E-state index contributed by atoms with van der Waals surface area (Å²) in [5.41, 5.74) is 0.209. The van der Waals surface area contributed by atoms with E-state index in [9.17, 15) is 9.59 Å². The molecule has 9 nitrogen and oxygen atoms in total. The third-order valence-electron chi connectivity index (χ3n) is 4.87. The van der Waals surface area contributed by atoms with Gasteiger partial charge in [0.25, 0.3) is 11.5 Å². The number of carbonyl (C=O) groups is 1. The monoisotopic (exact) mass is 392 g/mol. The lowest BCUT2D eigenvalue weighted by Gasteiger charge is -2.26. The summed E-state index contributed by atoms with van der Waals surface area (Å²) in [4.78, 5) is 32.1. The number of hydrogen-bond donors (Lipinski definition) is 1. The molecule has 0 bridgehead atoms. The quantitative estimate of drug-likeness (QED) is 0.630. The smallest absolute Gasteiger partial charge is 0.265 e. The average molecular weight is 392 g/mol. The summed E-state index contributed by atoms with van der Waals surface area (Å²) in [5.74, 6) is 0.103. The highest BCUT2D eigenvalue weighted by Gasteiger charge is 2.22. The van der Waals surface area contributed by atoms with E-state index in [1.54, 1.807) is 14.0 Å². The molecule has 0 unspecified atom stereocenters. The summed E-state index contributed by atoms with van der Waals surface area (Å²) in [6.45, 7) is 7.51. The topological polar surface area (TPSA) is 98.8 Å². The molecule has 1 fully saturated rings. The van der Waals surface area contributed by atoms with E-state index in [1.807, 2.05) is 0 Å². The van der Waals surface area contributed by atoms with Gasteiger partial charge in [-0.25, -0.2) is 4.98 Å². The van der Waals surface area contributed by atoms with E-state index >= 15 is 0 Å². The van der Waals surface area contributed by atoms with Gasteiger partial charge in [-0.15, -0.1) is 0 Å². The number of fused-ring (bicyclic) bond motifs is 1. The summed E-state index contributed by atoms with van der Waals surface area (Å²) in [6, 6.07) is 0. The van der Waals surface area contributed by atoms with Crippen molar-refractivity contribution in [3.05, 3.63) is 28.0 Å². The van der Waals surface area contributed by atoms with Gasteiger partial charge in [0.2, 0.25) is 5.71 Å².